The molecular formula is C19H23N3O3. The summed E-state index contributed by atoms with van der Waals surface area (Å²) in [5.41, 5.74) is 5.98. The highest BCUT2D eigenvalue weighted by atomic mass is 16.5. The molecule has 2 aliphatic heterocycles. The van der Waals surface area contributed by atoms with Crippen molar-refractivity contribution in [2.75, 3.05) is 26.3 Å². The van der Waals surface area contributed by atoms with Crippen molar-refractivity contribution >= 4 is 11.8 Å². The molecule has 0 bridgehead atoms. The summed E-state index contributed by atoms with van der Waals surface area (Å²) in [6.45, 7) is 2.28. The van der Waals surface area contributed by atoms with E-state index in [1.54, 1.807) is 6.07 Å². The summed E-state index contributed by atoms with van der Waals surface area (Å²) in [6.07, 6.45) is 2.66. The number of nitrogens with zero attached hydrogens (tertiary/aromatic N) is 2. The summed E-state index contributed by atoms with van der Waals surface area (Å²) in [4.78, 5) is 26.0. The van der Waals surface area contributed by atoms with E-state index < -0.39 is 11.3 Å². The normalized spacial score (nSPS) is 22.4. The molecule has 2 amide bonds. The van der Waals surface area contributed by atoms with Crippen LogP contribution in [-0.2, 0) is 16.0 Å². The van der Waals surface area contributed by atoms with Crippen molar-refractivity contribution in [1.29, 1.82) is 5.26 Å². The molecule has 0 aliphatic carbocycles. The number of amides is 2. The number of benzene rings is 1. The van der Waals surface area contributed by atoms with Crippen molar-refractivity contribution in [3.63, 3.8) is 0 Å². The highest BCUT2D eigenvalue weighted by Gasteiger charge is 2.44. The summed E-state index contributed by atoms with van der Waals surface area (Å²) in [5.74, 6) is -0.144. The van der Waals surface area contributed by atoms with Crippen molar-refractivity contribution < 1.29 is 14.3 Å². The zero-order chi connectivity index (χ0) is 17.9. The Morgan fingerprint density at radius 3 is 2.80 bits per heavy atom. The second-order valence-corrected chi connectivity index (χ2v) is 6.98. The minimum absolute atomic E-state index is 0.0494. The summed E-state index contributed by atoms with van der Waals surface area (Å²) in [5, 5.41) is 9.56. The lowest BCUT2D eigenvalue weighted by atomic mass is 9.80. The molecule has 2 heterocycles. The first-order chi connectivity index (χ1) is 12.0. The van der Waals surface area contributed by atoms with E-state index in [1.807, 2.05) is 23.1 Å². The van der Waals surface area contributed by atoms with Gasteiger partial charge in [-0.3, -0.25) is 9.59 Å². The number of carbonyl (C=O) groups excluding carboxylic acids is 2. The maximum atomic E-state index is 12.9. The van der Waals surface area contributed by atoms with Crippen LogP contribution in [0.4, 0.5) is 0 Å². The van der Waals surface area contributed by atoms with E-state index in [1.165, 1.54) is 0 Å². The molecule has 1 atom stereocenters. The smallest absolute Gasteiger partial charge is 0.248 e. The molecule has 132 valence electrons. The van der Waals surface area contributed by atoms with Crippen LogP contribution in [0.1, 0.15) is 35.2 Å². The minimum Gasteiger partial charge on any atom is -0.381 e. The van der Waals surface area contributed by atoms with Crippen LogP contribution in [0.3, 0.4) is 0 Å². The van der Waals surface area contributed by atoms with Gasteiger partial charge < -0.3 is 15.4 Å². The van der Waals surface area contributed by atoms with Gasteiger partial charge in [0.05, 0.1) is 6.07 Å². The van der Waals surface area contributed by atoms with Crippen LogP contribution in [-0.4, -0.2) is 43.0 Å². The van der Waals surface area contributed by atoms with Gasteiger partial charge in [0.1, 0.15) is 5.41 Å². The fraction of sp³-hybridized carbons (Fsp3) is 0.526. The number of primary amides is 1. The number of likely N-dealkylation sites (tertiary alicyclic amines) is 1. The van der Waals surface area contributed by atoms with Gasteiger partial charge in [0, 0.05) is 31.9 Å². The average Bonchev–Trinajstić information content (AvgIpc) is 3.10. The molecule has 2 saturated heterocycles. The second kappa shape index (κ2) is 7.24. The molecule has 0 unspecified atom stereocenters. The molecule has 0 spiro atoms. The van der Waals surface area contributed by atoms with Crippen molar-refractivity contribution in [3.8, 4) is 6.07 Å². The standard InChI is InChI=1S/C19H23N3O3/c20-13-19(5-8-25-9-6-19)18(24)22-7-4-15(12-22)10-14-2-1-3-16(11-14)17(21)23/h1-3,11,15H,4-10,12H2,(H2,21,23)/t15-/m0/s1. The van der Waals surface area contributed by atoms with E-state index in [2.05, 4.69) is 6.07 Å². The number of nitriles is 1. The lowest BCUT2D eigenvalue weighted by Gasteiger charge is -2.33. The fourth-order valence-electron chi connectivity index (χ4n) is 3.76. The van der Waals surface area contributed by atoms with E-state index in [-0.39, 0.29) is 5.91 Å². The van der Waals surface area contributed by atoms with Gasteiger partial charge in [0.15, 0.2) is 0 Å². The van der Waals surface area contributed by atoms with Crippen LogP contribution in [0.25, 0.3) is 0 Å². The first-order valence-electron chi connectivity index (χ1n) is 8.71. The van der Waals surface area contributed by atoms with Gasteiger partial charge in [-0.15, -0.1) is 0 Å². The Hall–Kier alpha value is -2.39. The Bertz CT molecular complexity index is 704. The van der Waals surface area contributed by atoms with Gasteiger partial charge >= 0.3 is 0 Å². The predicted molar refractivity (Wildman–Crippen MR) is 91.4 cm³/mol. The summed E-state index contributed by atoms with van der Waals surface area (Å²) in [7, 11) is 0. The van der Waals surface area contributed by atoms with Crippen molar-refractivity contribution in [2.45, 2.75) is 25.7 Å². The fourth-order valence-corrected chi connectivity index (χ4v) is 3.76. The van der Waals surface area contributed by atoms with Gasteiger partial charge in [-0.1, -0.05) is 12.1 Å². The highest BCUT2D eigenvalue weighted by molar-refractivity contribution is 5.92. The van der Waals surface area contributed by atoms with Crippen molar-refractivity contribution in [3.05, 3.63) is 35.4 Å². The van der Waals surface area contributed by atoms with Crippen molar-refractivity contribution in [1.82, 2.24) is 4.90 Å². The Morgan fingerprint density at radius 1 is 1.36 bits per heavy atom. The van der Waals surface area contributed by atoms with Crippen LogP contribution in [0.2, 0.25) is 0 Å². The average molecular weight is 341 g/mol. The molecule has 3 rings (SSSR count). The summed E-state index contributed by atoms with van der Waals surface area (Å²) < 4.78 is 5.31. The molecule has 1 aromatic rings. The Morgan fingerprint density at radius 2 is 2.12 bits per heavy atom. The lowest BCUT2D eigenvalue weighted by Crippen LogP contribution is -2.45. The SMILES string of the molecule is N#CC1(C(=O)N2CC[C@@H](Cc3cccc(C(N)=O)c3)C2)CCOCC1. The molecule has 2 fully saturated rings. The summed E-state index contributed by atoms with van der Waals surface area (Å²) >= 11 is 0. The zero-order valence-corrected chi connectivity index (χ0v) is 14.2. The van der Waals surface area contributed by atoms with E-state index in [0.717, 1.165) is 18.4 Å². The largest absolute Gasteiger partial charge is 0.381 e. The molecule has 6 nitrogen and oxygen atoms in total. The Labute approximate surface area is 147 Å². The lowest BCUT2D eigenvalue weighted by molar-refractivity contribution is -0.142. The molecule has 0 aromatic heterocycles. The number of hydrogen-bond acceptors (Lipinski definition) is 4. The number of carbonyl (C=O) groups is 2. The molecule has 0 saturated carbocycles. The third-order valence-corrected chi connectivity index (χ3v) is 5.28. The molecule has 0 radical (unpaired) electrons. The predicted octanol–water partition coefficient (Wildman–Crippen LogP) is 1.50. The zero-order valence-electron chi connectivity index (χ0n) is 14.2. The van der Waals surface area contributed by atoms with Crippen LogP contribution < -0.4 is 5.73 Å². The number of nitrogens with two attached hydrogens (primary N) is 1. The van der Waals surface area contributed by atoms with Gasteiger partial charge in [-0.2, -0.15) is 5.26 Å². The van der Waals surface area contributed by atoms with Crippen LogP contribution in [0.5, 0.6) is 0 Å². The molecule has 2 aliphatic rings. The number of rotatable bonds is 4. The third-order valence-electron chi connectivity index (χ3n) is 5.28. The molecule has 25 heavy (non-hydrogen) atoms. The number of hydrogen-bond donors (Lipinski definition) is 1. The maximum Gasteiger partial charge on any atom is 0.248 e. The van der Waals surface area contributed by atoms with Crippen LogP contribution >= 0.6 is 0 Å². The quantitative estimate of drug-likeness (QED) is 0.897. The second-order valence-electron chi connectivity index (χ2n) is 6.98. The Kier molecular flexibility index (Phi) is 5.05. The van der Waals surface area contributed by atoms with Gasteiger partial charge in [0.25, 0.3) is 0 Å². The number of ether oxygens (including phenoxy) is 1. The van der Waals surface area contributed by atoms with E-state index in [9.17, 15) is 14.9 Å². The first kappa shape index (κ1) is 17.4. The molecule has 2 N–H and O–H groups in total. The minimum atomic E-state index is -0.918. The van der Waals surface area contributed by atoms with Crippen molar-refractivity contribution in [2.24, 2.45) is 17.1 Å². The van der Waals surface area contributed by atoms with Crippen LogP contribution in [0.15, 0.2) is 24.3 Å². The first-order valence-corrected chi connectivity index (χ1v) is 8.71. The van der Waals surface area contributed by atoms with E-state index >= 15 is 0 Å². The van der Waals surface area contributed by atoms with E-state index in [0.29, 0.717) is 50.6 Å². The van der Waals surface area contributed by atoms with Gasteiger partial charge in [-0.25, -0.2) is 0 Å². The topological polar surface area (TPSA) is 96.4 Å². The Balaban J connectivity index is 1.63. The third kappa shape index (κ3) is 3.67. The van der Waals surface area contributed by atoms with Gasteiger partial charge in [-0.05, 0) is 49.3 Å². The molecule has 1 aromatic carbocycles. The molecular weight excluding hydrogens is 318 g/mol. The molecule has 6 heteroatoms. The van der Waals surface area contributed by atoms with Gasteiger partial charge in [0.2, 0.25) is 11.8 Å². The maximum absolute atomic E-state index is 12.9. The van der Waals surface area contributed by atoms with E-state index in [4.69, 9.17) is 10.5 Å². The highest BCUT2D eigenvalue weighted by Crippen LogP contribution is 2.34. The summed E-state index contributed by atoms with van der Waals surface area (Å²) in [6, 6.07) is 9.60. The van der Waals surface area contributed by atoms with Crippen LogP contribution in [0, 0.1) is 22.7 Å². The monoisotopic (exact) mass is 341 g/mol.